The monoisotopic (exact) mass is 398 g/mol. The summed E-state index contributed by atoms with van der Waals surface area (Å²) in [6.07, 6.45) is 2.95. The summed E-state index contributed by atoms with van der Waals surface area (Å²) in [5, 5.41) is 0. The number of allylic oxidation sites excluding steroid dienone is 1. The van der Waals surface area contributed by atoms with Gasteiger partial charge in [-0.15, -0.1) is 0 Å². The van der Waals surface area contributed by atoms with Crippen molar-refractivity contribution in [1.82, 2.24) is 0 Å². The molecule has 0 aliphatic carbocycles. The lowest BCUT2D eigenvalue weighted by atomic mass is 10.1. The fraction of sp³-hybridized carbons (Fsp3) is 0.0500. The second-order valence-electron chi connectivity index (χ2n) is 5.83. The van der Waals surface area contributed by atoms with Crippen molar-refractivity contribution in [1.29, 1.82) is 0 Å². The lowest BCUT2D eigenvalue weighted by Gasteiger charge is -2.08. The molecule has 4 rings (SSSR count). The van der Waals surface area contributed by atoms with E-state index in [1.54, 1.807) is 12.1 Å². The predicted molar refractivity (Wildman–Crippen MR) is 98.9 cm³/mol. The van der Waals surface area contributed by atoms with Crippen LogP contribution >= 0.6 is 0 Å². The number of rotatable bonds is 5. The predicted octanol–water partition coefficient (Wildman–Crippen LogP) is 3.67. The smallest absolute Gasteiger partial charge is 0.339 e. The largest absolute Gasteiger partial charge is 0.497 e. The van der Waals surface area contributed by atoms with E-state index in [0.29, 0.717) is 17.1 Å². The summed E-state index contributed by atoms with van der Waals surface area (Å²) in [7, 11) is -2.56. The number of fused-ring (bicyclic) bond motifs is 1. The van der Waals surface area contributed by atoms with E-state index in [-0.39, 0.29) is 27.9 Å². The van der Waals surface area contributed by atoms with Gasteiger partial charge in [0.15, 0.2) is 5.76 Å². The molecular weight excluding hydrogens is 384 g/mol. The number of hydrogen-bond acceptors (Lipinski definition) is 7. The van der Waals surface area contributed by atoms with Crippen LogP contribution in [0.3, 0.4) is 0 Å². The van der Waals surface area contributed by atoms with Gasteiger partial charge < -0.3 is 18.1 Å². The molecule has 0 bridgehead atoms. The van der Waals surface area contributed by atoms with Gasteiger partial charge in [-0.3, -0.25) is 4.79 Å². The standard InChI is InChI=1S/C20H14O7S/c1-24-13-4-7-16(8-5-13)28(22,23)27-15-6-9-17-18(12-15)26-19(20(17)21)11-14-3-2-10-25-14/h2-12H,1H3. The van der Waals surface area contributed by atoms with Crippen LogP contribution in [0.2, 0.25) is 0 Å². The molecule has 2 heterocycles. The summed E-state index contributed by atoms with van der Waals surface area (Å²) >= 11 is 0. The van der Waals surface area contributed by atoms with Crippen molar-refractivity contribution in [2.45, 2.75) is 4.90 Å². The Hall–Kier alpha value is -3.52. The number of ether oxygens (including phenoxy) is 2. The lowest BCUT2D eigenvalue weighted by molar-refractivity contribution is 0.101. The van der Waals surface area contributed by atoms with Crippen LogP contribution in [0.5, 0.6) is 17.2 Å². The Kier molecular flexibility index (Phi) is 4.40. The fourth-order valence-corrected chi connectivity index (χ4v) is 3.56. The molecule has 0 spiro atoms. The molecule has 0 saturated heterocycles. The molecular formula is C20H14O7S. The van der Waals surface area contributed by atoms with Crippen molar-refractivity contribution in [3.05, 3.63) is 77.9 Å². The van der Waals surface area contributed by atoms with Gasteiger partial charge in [-0.25, -0.2) is 0 Å². The van der Waals surface area contributed by atoms with Crippen LogP contribution in [-0.2, 0) is 10.1 Å². The van der Waals surface area contributed by atoms with Crippen LogP contribution in [0, 0.1) is 0 Å². The second kappa shape index (κ2) is 6.90. The maximum atomic E-state index is 12.4. The van der Waals surface area contributed by atoms with Crippen LogP contribution in [0.15, 0.2) is 75.9 Å². The van der Waals surface area contributed by atoms with Gasteiger partial charge in [0.05, 0.1) is 18.9 Å². The summed E-state index contributed by atoms with van der Waals surface area (Å²) < 4.78 is 45.8. The van der Waals surface area contributed by atoms with Gasteiger partial charge in [-0.05, 0) is 48.5 Å². The van der Waals surface area contributed by atoms with E-state index >= 15 is 0 Å². The molecule has 7 nitrogen and oxygen atoms in total. The third kappa shape index (κ3) is 3.37. The van der Waals surface area contributed by atoms with Gasteiger partial charge in [0.25, 0.3) is 0 Å². The Morgan fingerprint density at radius 2 is 1.75 bits per heavy atom. The average Bonchev–Trinajstić information content (AvgIpc) is 3.30. The number of methoxy groups -OCH3 is 1. The van der Waals surface area contributed by atoms with Gasteiger partial charge in [-0.2, -0.15) is 8.42 Å². The normalized spacial score (nSPS) is 14.6. The molecule has 0 N–H and O–H groups in total. The first kappa shape index (κ1) is 17.9. The van der Waals surface area contributed by atoms with Crippen molar-refractivity contribution in [2.24, 2.45) is 0 Å². The third-order valence-electron chi connectivity index (χ3n) is 4.01. The molecule has 3 aromatic rings. The Balaban J connectivity index is 1.58. The van der Waals surface area contributed by atoms with E-state index in [1.807, 2.05) is 0 Å². The Labute approximate surface area is 160 Å². The SMILES string of the molecule is COc1ccc(S(=O)(=O)Oc2ccc3c(c2)OC(=Cc2ccco2)C3=O)cc1. The van der Waals surface area contributed by atoms with Crippen molar-refractivity contribution < 1.29 is 31.3 Å². The van der Waals surface area contributed by atoms with Crippen molar-refractivity contribution in [3.63, 3.8) is 0 Å². The first-order valence-corrected chi connectivity index (χ1v) is 9.57. The number of carbonyl (C=O) groups is 1. The van der Waals surface area contributed by atoms with E-state index in [2.05, 4.69) is 0 Å². The fourth-order valence-electron chi connectivity index (χ4n) is 2.64. The molecule has 0 radical (unpaired) electrons. The summed E-state index contributed by atoms with van der Waals surface area (Å²) in [6, 6.07) is 13.4. The highest BCUT2D eigenvalue weighted by Gasteiger charge is 2.29. The van der Waals surface area contributed by atoms with Gasteiger partial charge >= 0.3 is 10.1 Å². The molecule has 0 unspecified atom stereocenters. The zero-order valence-corrected chi connectivity index (χ0v) is 15.4. The Morgan fingerprint density at radius 1 is 1.00 bits per heavy atom. The molecule has 2 aromatic carbocycles. The zero-order valence-electron chi connectivity index (χ0n) is 14.6. The molecule has 28 heavy (non-hydrogen) atoms. The van der Waals surface area contributed by atoms with E-state index in [9.17, 15) is 13.2 Å². The molecule has 0 fully saturated rings. The number of furan rings is 1. The topological polar surface area (TPSA) is 92.0 Å². The number of Topliss-reactive ketones (excluding diaryl/α,β-unsaturated/α-hetero) is 1. The molecule has 8 heteroatoms. The molecule has 1 aliphatic heterocycles. The summed E-state index contributed by atoms with van der Waals surface area (Å²) in [6.45, 7) is 0. The Morgan fingerprint density at radius 3 is 2.43 bits per heavy atom. The minimum atomic E-state index is -4.05. The summed E-state index contributed by atoms with van der Waals surface area (Å²) in [4.78, 5) is 12.4. The van der Waals surface area contributed by atoms with E-state index < -0.39 is 10.1 Å². The Bertz CT molecular complexity index is 1160. The third-order valence-corrected chi connectivity index (χ3v) is 5.27. The second-order valence-corrected chi connectivity index (χ2v) is 7.37. The molecule has 142 valence electrons. The summed E-state index contributed by atoms with van der Waals surface area (Å²) in [5.41, 5.74) is 0.312. The van der Waals surface area contributed by atoms with Gasteiger partial charge in [0.2, 0.25) is 5.78 Å². The number of carbonyl (C=O) groups excluding carboxylic acids is 1. The van der Waals surface area contributed by atoms with Crippen molar-refractivity contribution >= 4 is 22.0 Å². The first-order valence-electron chi connectivity index (χ1n) is 8.16. The van der Waals surface area contributed by atoms with Crippen LogP contribution in [0.1, 0.15) is 16.1 Å². The van der Waals surface area contributed by atoms with Gasteiger partial charge in [-0.1, -0.05) is 0 Å². The average molecular weight is 398 g/mol. The number of benzene rings is 2. The lowest BCUT2D eigenvalue weighted by Crippen LogP contribution is -2.09. The number of ketones is 1. The van der Waals surface area contributed by atoms with Crippen LogP contribution in [0.25, 0.3) is 6.08 Å². The van der Waals surface area contributed by atoms with Crippen LogP contribution < -0.4 is 13.7 Å². The van der Waals surface area contributed by atoms with E-state index in [1.165, 1.54) is 61.9 Å². The van der Waals surface area contributed by atoms with Crippen molar-refractivity contribution in [3.8, 4) is 17.2 Å². The highest BCUT2D eigenvalue weighted by Crippen LogP contribution is 2.35. The molecule has 1 aliphatic rings. The minimum Gasteiger partial charge on any atom is -0.497 e. The van der Waals surface area contributed by atoms with Crippen LogP contribution in [-0.4, -0.2) is 21.3 Å². The highest BCUT2D eigenvalue weighted by atomic mass is 32.2. The molecule has 0 atom stereocenters. The van der Waals surface area contributed by atoms with E-state index in [4.69, 9.17) is 18.1 Å². The number of hydrogen-bond donors (Lipinski definition) is 0. The van der Waals surface area contributed by atoms with E-state index in [0.717, 1.165) is 0 Å². The molecule has 0 amide bonds. The maximum Gasteiger partial charge on any atom is 0.339 e. The quantitative estimate of drug-likeness (QED) is 0.478. The first-order chi connectivity index (χ1) is 13.5. The minimum absolute atomic E-state index is 0.0239. The van der Waals surface area contributed by atoms with Crippen molar-refractivity contribution in [2.75, 3.05) is 7.11 Å². The zero-order chi connectivity index (χ0) is 19.7. The van der Waals surface area contributed by atoms with Gasteiger partial charge in [0, 0.05) is 12.1 Å². The van der Waals surface area contributed by atoms with Gasteiger partial charge in [0.1, 0.15) is 27.9 Å². The highest BCUT2D eigenvalue weighted by molar-refractivity contribution is 7.87. The summed E-state index contributed by atoms with van der Waals surface area (Å²) in [5.74, 6) is 0.997. The maximum absolute atomic E-state index is 12.4. The molecule has 0 saturated carbocycles. The van der Waals surface area contributed by atoms with Crippen LogP contribution in [0.4, 0.5) is 0 Å². The molecule has 1 aromatic heterocycles.